The summed E-state index contributed by atoms with van der Waals surface area (Å²) in [7, 11) is 0. The Hall–Kier alpha value is -2.49. The molecule has 4 N–H and O–H groups in total. The molecular formula is C41H60N2O7. The molecule has 1 heterocycles. The first-order chi connectivity index (χ1) is 23.8. The molecule has 6 fully saturated rings. The Bertz CT molecular complexity index is 1460. The zero-order valence-electron chi connectivity index (χ0n) is 30.7. The van der Waals surface area contributed by atoms with E-state index in [4.69, 9.17) is 9.47 Å². The normalized spacial score (nSPS) is 41.9. The zero-order valence-corrected chi connectivity index (χ0v) is 30.7. The van der Waals surface area contributed by atoms with Crippen molar-refractivity contribution in [1.29, 1.82) is 0 Å². The fraction of sp³-hybridized carbons (Fsp3) is 0.780. The molecule has 0 aromatic heterocycles. The van der Waals surface area contributed by atoms with E-state index in [0.29, 0.717) is 53.5 Å². The molecule has 1 aliphatic heterocycles. The smallest absolute Gasteiger partial charge is 0.335 e. The Labute approximate surface area is 298 Å². The number of aliphatic carboxylic acids is 1. The van der Waals surface area contributed by atoms with Crippen molar-refractivity contribution in [3.8, 4) is 0 Å². The third-order valence-corrected chi connectivity index (χ3v) is 15.5. The molecule has 9 heteroatoms. The Morgan fingerprint density at radius 2 is 1.66 bits per heavy atom. The summed E-state index contributed by atoms with van der Waals surface area (Å²) in [6.07, 6.45) is 11.4. The van der Waals surface area contributed by atoms with E-state index < -0.39 is 18.2 Å². The van der Waals surface area contributed by atoms with Gasteiger partial charge in [0.15, 0.2) is 6.10 Å². The highest BCUT2D eigenvalue weighted by Crippen LogP contribution is 2.73. The maximum atomic E-state index is 14.2. The largest absolute Gasteiger partial charge is 0.479 e. The second-order valence-corrected chi connectivity index (χ2v) is 18.1. The van der Waals surface area contributed by atoms with Crippen LogP contribution in [0.25, 0.3) is 0 Å². The van der Waals surface area contributed by atoms with Gasteiger partial charge in [-0.15, -0.1) is 0 Å². The van der Waals surface area contributed by atoms with Crippen LogP contribution in [0.2, 0.25) is 0 Å². The fourth-order valence-electron chi connectivity index (χ4n) is 13.1. The third-order valence-electron chi connectivity index (χ3n) is 15.5. The first-order valence-corrected chi connectivity index (χ1v) is 19.6. The Morgan fingerprint density at radius 1 is 0.860 bits per heavy atom. The van der Waals surface area contributed by atoms with Gasteiger partial charge in [-0.3, -0.25) is 9.59 Å². The molecule has 1 aromatic carbocycles. The van der Waals surface area contributed by atoms with Crippen molar-refractivity contribution in [3.63, 3.8) is 0 Å². The number of amides is 2. The van der Waals surface area contributed by atoms with Crippen LogP contribution >= 0.6 is 0 Å². The molecule has 6 aliphatic rings. The average Bonchev–Trinajstić information content (AvgIpc) is 3.55. The number of benzene rings is 1. The molecule has 9 nitrogen and oxygen atoms in total. The summed E-state index contributed by atoms with van der Waals surface area (Å²) < 4.78 is 10.8. The molecule has 11 atom stereocenters. The van der Waals surface area contributed by atoms with Crippen molar-refractivity contribution in [2.75, 3.05) is 26.3 Å². The minimum Gasteiger partial charge on any atom is -0.479 e. The lowest BCUT2D eigenvalue weighted by molar-refractivity contribution is -0.214. The molecule has 2 amide bonds. The monoisotopic (exact) mass is 692 g/mol. The van der Waals surface area contributed by atoms with Crippen LogP contribution in [0.3, 0.4) is 0 Å². The molecular weight excluding hydrogens is 632 g/mol. The molecule has 1 saturated heterocycles. The molecule has 0 bridgehead atoms. The van der Waals surface area contributed by atoms with Gasteiger partial charge in [0.05, 0.1) is 30.8 Å². The number of rotatable bonds is 8. The van der Waals surface area contributed by atoms with Gasteiger partial charge >= 0.3 is 5.97 Å². The summed E-state index contributed by atoms with van der Waals surface area (Å²) in [5.41, 5.74) is 1.82. The molecule has 0 spiro atoms. The summed E-state index contributed by atoms with van der Waals surface area (Å²) in [4.78, 5) is 38.3. The second kappa shape index (κ2) is 13.5. The van der Waals surface area contributed by atoms with Crippen molar-refractivity contribution in [2.45, 2.75) is 123 Å². The SMILES string of the molecule is CC1(C)C(O)CCC2(C)C1CCC1(C)C3CCC4(C(=O)NCCc5cccc(C(=O)NCC6COCC(C(=O)O)O6)c5)CCCC4C3CCC12. The predicted molar refractivity (Wildman–Crippen MR) is 189 cm³/mol. The van der Waals surface area contributed by atoms with E-state index in [1.165, 1.54) is 32.1 Å². The highest BCUT2D eigenvalue weighted by atomic mass is 16.6. The molecule has 7 rings (SSSR count). The number of aliphatic hydroxyl groups is 1. The molecule has 5 saturated carbocycles. The lowest BCUT2D eigenvalue weighted by Crippen LogP contribution is -2.63. The Kier molecular flexibility index (Phi) is 9.68. The number of hydrogen-bond acceptors (Lipinski definition) is 6. The molecule has 50 heavy (non-hydrogen) atoms. The molecule has 0 radical (unpaired) electrons. The van der Waals surface area contributed by atoms with Gasteiger partial charge in [-0.2, -0.15) is 0 Å². The average molecular weight is 693 g/mol. The maximum absolute atomic E-state index is 14.2. The van der Waals surface area contributed by atoms with Crippen LogP contribution in [0, 0.1) is 51.2 Å². The van der Waals surface area contributed by atoms with Crippen LogP contribution in [0.15, 0.2) is 24.3 Å². The van der Waals surface area contributed by atoms with Gasteiger partial charge in [-0.05, 0) is 134 Å². The molecule has 276 valence electrons. The van der Waals surface area contributed by atoms with E-state index in [0.717, 1.165) is 44.1 Å². The number of carboxylic acids is 1. The number of fused-ring (bicyclic) bond motifs is 7. The van der Waals surface area contributed by atoms with Crippen LogP contribution in [0.1, 0.15) is 114 Å². The van der Waals surface area contributed by atoms with Gasteiger partial charge in [0.1, 0.15) is 0 Å². The minimum absolute atomic E-state index is 0.00668. The first kappa shape index (κ1) is 35.9. The van der Waals surface area contributed by atoms with Gasteiger partial charge in [-0.25, -0.2) is 4.79 Å². The highest BCUT2D eigenvalue weighted by molar-refractivity contribution is 5.94. The number of ether oxygens (including phenoxy) is 2. The van der Waals surface area contributed by atoms with Crippen LogP contribution in [0.4, 0.5) is 0 Å². The lowest BCUT2D eigenvalue weighted by Gasteiger charge is -2.69. The maximum Gasteiger partial charge on any atom is 0.335 e. The van der Waals surface area contributed by atoms with Crippen molar-refractivity contribution in [3.05, 3.63) is 35.4 Å². The number of carboxylic acid groups (broad SMARTS) is 1. The summed E-state index contributed by atoms with van der Waals surface area (Å²) in [5, 5.41) is 26.4. The number of carbonyl (C=O) groups excluding carboxylic acids is 2. The number of carbonyl (C=O) groups is 3. The van der Waals surface area contributed by atoms with Gasteiger partial charge in [0, 0.05) is 18.7 Å². The van der Waals surface area contributed by atoms with Crippen molar-refractivity contribution in [2.24, 2.45) is 51.2 Å². The summed E-state index contributed by atoms with van der Waals surface area (Å²) in [5.74, 6) is 1.95. The lowest BCUT2D eigenvalue weighted by atomic mass is 9.36. The van der Waals surface area contributed by atoms with E-state index >= 15 is 0 Å². The number of nitrogens with one attached hydrogen (secondary N) is 2. The van der Waals surface area contributed by atoms with E-state index in [-0.39, 0.29) is 53.9 Å². The van der Waals surface area contributed by atoms with E-state index in [1.54, 1.807) is 6.07 Å². The minimum atomic E-state index is -1.07. The van der Waals surface area contributed by atoms with Crippen LogP contribution in [-0.4, -0.2) is 72.6 Å². The van der Waals surface area contributed by atoms with Gasteiger partial charge in [-0.1, -0.05) is 46.2 Å². The van der Waals surface area contributed by atoms with Crippen LogP contribution < -0.4 is 10.6 Å². The summed E-state index contributed by atoms with van der Waals surface area (Å²) in [6, 6.07) is 7.48. The van der Waals surface area contributed by atoms with Gasteiger partial charge < -0.3 is 30.3 Å². The first-order valence-electron chi connectivity index (χ1n) is 19.6. The summed E-state index contributed by atoms with van der Waals surface area (Å²) in [6.45, 7) is 10.8. The number of aliphatic hydroxyl groups excluding tert-OH is 1. The summed E-state index contributed by atoms with van der Waals surface area (Å²) >= 11 is 0. The van der Waals surface area contributed by atoms with E-state index in [1.807, 2.05) is 18.2 Å². The van der Waals surface area contributed by atoms with Crippen molar-refractivity contribution >= 4 is 17.8 Å². The zero-order chi connectivity index (χ0) is 35.5. The fourth-order valence-corrected chi connectivity index (χ4v) is 13.1. The van der Waals surface area contributed by atoms with Crippen molar-refractivity contribution in [1.82, 2.24) is 10.6 Å². The Balaban J connectivity index is 0.956. The van der Waals surface area contributed by atoms with Crippen molar-refractivity contribution < 1.29 is 34.1 Å². The number of hydrogen-bond donors (Lipinski definition) is 4. The molecule has 1 aromatic rings. The highest BCUT2D eigenvalue weighted by Gasteiger charge is 2.67. The molecule has 11 unspecified atom stereocenters. The van der Waals surface area contributed by atoms with E-state index in [9.17, 15) is 24.6 Å². The second-order valence-electron chi connectivity index (χ2n) is 18.1. The quantitative estimate of drug-likeness (QED) is 0.272. The standard InChI is InChI=1S/C41H60N2O7/c1-38(2)32-13-17-39(3)29-12-19-41(16-6-9-30(41)28(29)10-11-33(39)40(32,4)18-14-34(38)44)37(48)42-20-15-25-7-5-8-26(21-25)35(45)43-22-27-23-49-24-31(50-27)36(46)47/h5,7-8,21,27-34,44H,6,9-20,22-24H2,1-4H3,(H,42,48)(H,43,45)(H,46,47). The van der Waals surface area contributed by atoms with Gasteiger partial charge in [0.2, 0.25) is 5.91 Å². The molecule has 5 aliphatic carbocycles. The topological polar surface area (TPSA) is 134 Å². The third kappa shape index (κ3) is 6.01. The predicted octanol–water partition coefficient (Wildman–Crippen LogP) is 5.77. The van der Waals surface area contributed by atoms with Gasteiger partial charge in [0.25, 0.3) is 5.91 Å². The Morgan fingerprint density at radius 3 is 2.46 bits per heavy atom. The van der Waals surface area contributed by atoms with Crippen LogP contribution in [0.5, 0.6) is 0 Å². The van der Waals surface area contributed by atoms with Crippen LogP contribution in [-0.2, 0) is 25.5 Å². The van der Waals surface area contributed by atoms with E-state index in [2.05, 4.69) is 38.3 Å².